The van der Waals surface area contributed by atoms with Gasteiger partial charge in [0.1, 0.15) is 11.9 Å². The maximum absolute atomic E-state index is 12.9. The number of benzene rings is 1. The number of methoxy groups -OCH3 is 1. The van der Waals surface area contributed by atoms with Crippen LogP contribution in [0.25, 0.3) is 0 Å². The van der Waals surface area contributed by atoms with Crippen LogP contribution >= 0.6 is 0 Å². The lowest BCUT2D eigenvalue weighted by atomic mass is 9.35. The summed E-state index contributed by atoms with van der Waals surface area (Å²) in [6, 6.07) is 7.35. The van der Waals surface area contributed by atoms with Crippen molar-refractivity contribution >= 4 is 5.69 Å². The zero-order valence-corrected chi connectivity index (χ0v) is 21.1. The first-order valence-electron chi connectivity index (χ1n) is 12.0. The first-order valence-corrected chi connectivity index (χ1v) is 12.0. The van der Waals surface area contributed by atoms with Crippen LogP contribution in [-0.4, -0.2) is 24.1 Å². The summed E-state index contributed by atoms with van der Waals surface area (Å²) in [4.78, 5) is 12.9. The van der Waals surface area contributed by atoms with E-state index in [0.717, 1.165) is 5.56 Å². The molecule has 3 aliphatic rings. The second-order valence-corrected chi connectivity index (χ2v) is 10.7. The largest absolute Gasteiger partial charge is 0.468 e. The molecule has 2 aliphatic carbocycles. The van der Waals surface area contributed by atoms with Gasteiger partial charge in [0.2, 0.25) is 0 Å². The monoisotopic (exact) mass is 479 g/mol. The highest BCUT2D eigenvalue weighted by Gasteiger charge is 2.71. The summed E-state index contributed by atoms with van der Waals surface area (Å²) in [7, 11) is 1.50. The van der Waals surface area contributed by atoms with Crippen molar-refractivity contribution in [2.24, 2.45) is 16.7 Å². The highest BCUT2D eigenvalue weighted by atomic mass is 16.8. The Bertz CT molecular complexity index is 1290. The van der Waals surface area contributed by atoms with Crippen LogP contribution in [0.2, 0.25) is 0 Å². The lowest BCUT2D eigenvalue weighted by Gasteiger charge is -2.67. The molecule has 1 aromatic heterocycles. The smallest absolute Gasteiger partial charge is 0.291 e. The average Bonchev–Trinajstić information content (AvgIpc) is 3.23. The maximum Gasteiger partial charge on any atom is 0.291 e. The highest BCUT2D eigenvalue weighted by Crippen LogP contribution is 2.76. The van der Waals surface area contributed by atoms with Crippen LogP contribution in [0.1, 0.15) is 61.7 Å². The van der Waals surface area contributed by atoms with E-state index >= 15 is 0 Å². The second kappa shape index (κ2) is 8.08. The van der Waals surface area contributed by atoms with Crippen LogP contribution in [0, 0.1) is 30.6 Å². The third-order valence-electron chi connectivity index (χ3n) is 8.46. The number of hydrogen-bond donors (Lipinski definition) is 2. The van der Waals surface area contributed by atoms with E-state index in [1.165, 1.54) is 18.3 Å². The lowest BCUT2D eigenvalue weighted by molar-refractivity contribution is -0.101. The van der Waals surface area contributed by atoms with Crippen molar-refractivity contribution in [3.63, 3.8) is 0 Å². The average molecular weight is 480 g/mol. The molecule has 5 atom stereocenters. The third-order valence-corrected chi connectivity index (χ3v) is 8.46. The molecule has 0 amide bonds. The summed E-state index contributed by atoms with van der Waals surface area (Å²) >= 11 is 0. The van der Waals surface area contributed by atoms with Crippen LogP contribution in [-0.2, 0) is 4.74 Å². The zero-order chi connectivity index (χ0) is 25.3. The van der Waals surface area contributed by atoms with Crippen LogP contribution < -0.4 is 15.4 Å². The molecular formula is C28H33NO6. The number of anilines is 1. The van der Waals surface area contributed by atoms with E-state index in [4.69, 9.17) is 13.9 Å². The van der Waals surface area contributed by atoms with Gasteiger partial charge in [-0.15, -0.1) is 5.23 Å². The van der Waals surface area contributed by atoms with Crippen molar-refractivity contribution in [1.82, 2.24) is 0 Å². The molecule has 2 aromatic rings. The van der Waals surface area contributed by atoms with Gasteiger partial charge in [0.05, 0.1) is 25.0 Å². The number of ether oxygens (including phenoxy) is 2. The number of fused-ring (bicyclic) bond motifs is 2. The summed E-state index contributed by atoms with van der Waals surface area (Å²) < 4.78 is 17.8. The Balaban J connectivity index is 1.59. The molecule has 1 saturated carbocycles. The van der Waals surface area contributed by atoms with Crippen LogP contribution in [0.5, 0.6) is 5.95 Å². The van der Waals surface area contributed by atoms with Gasteiger partial charge in [-0.05, 0) is 57.7 Å². The van der Waals surface area contributed by atoms with E-state index in [-0.39, 0.29) is 45.4 Å². The molecule has 0 radical (unpaired) electrons. The minimum atomic E-state index is -0.353. The summed E-state index contributed by atoms with van der Waals surface area (Å²) in [6.45, 7) is 10.7. The zero-order valence-electron chi connectivity index (χ0n) is 21.1. The lowest BCUT2D eigenvalue weighted by Crippen LogP contribution is -2.62. The quantitative estimate of drug-likeness (QED) is 0.550. The summed E-state index contributed by atoms with van der Waals surface area (Å²) in [6.07, 6.45) is 4.98. The third kappa shape index (κ3) is 3.33. The molecule has 0 bridgehead atoms. The van der Waals surface area contributed by atoms with Gasteiger partial charge in [-0.1, -0.05) is 42.4 Å². The molecule has 35 heavy (non-hydrogen) atoms. The minimum Gasteiger partial charge on any atom is -0.468 e. The number of hydrogen-bond acceptors (Lipinski definition) is 7. The van der Waals surface area contributed by atoms with Crippen molar-refractivity contribution in [3.8, 4) is 5.95 Å². The molecule has 0 unspecified atom stereocenters. The second-order valence-electron chi connectivity index (χ2n) is 10.7. The van der Waals surface area contributed by atoms with E-state index in [9.17, 15) is 15.2 Å². The van der Waals surface area contributed by atoms with Crippen molar-refractivity contribution < 1.29 is 24.3 Å². The molecule has 1 saturated heterocycles. The topological polar surface area (TPSA) is 92.4 Å². The minimum absolute atomic E-state index is 0.0805. The molecule has 186 valence electrons. The molecule has 7 nitrogen and oxygen atoms in total. The molecule has 1 spiro atoms. The van der Waals surface area contributed by atoms with Gasteiger partial charge < -0.3 is 13.9 Å². The van der Waals surface area contributed by atoms with E-state index in [1.54, 1.807) is 26.0 Å². The first kappa shape index (κ1) is 23.9. The molecule has 1 aromatic carbocycles. The molecular weight excluding hydrogens is 446 g/mol. The predicted molar refractivity (Wildman–Crippen MR) is 131 cm³/mol. The van der Waals surface area contributed by atoms with Crippen molar-refractivity contribution in [2.75, 3.05) is 18.9 Å². The fourth-order valence-corrected chi connectivity index (χ4v) is 7.58. The van der Waals surface area contributed by atoms with E-state index in [0.29, 0.717) is 35.6 Å². The van der Waals surface area contributed by atoms with Crippen molar-refractivity contribution in [1.29, 1.82) is 0 Å². The molecule has 7 heteroatoms. The van der Waals surface area contributed by atoms with E-state index in [1.807, 2.05) is 12.1 Å². The standard InChI is InChI=1S/C28H33NO6/c1-15-11-16(2)24-27(5,12-15)25(19-7-9-20(10-8-19)29(31)32)28(24)13-21(34-14-28)23-17(3)22(30)18(4)26(33-6)35-23/h7-12,21,24-25,31-32H,13-14H2,1-6H3/t21-,24+,25-,27-,28+/m1/s1. The van der Waals surface area contributed by atoms with Gasteiger partial charge in [-0.2, -0.15) is 0 Å². The Morgan fingerprint density at radius 2 is 1.74 bits per heavy atom. The fourth-order valence-electron chi connectivity index (χ4n) is 7.58. The van der Waals surface area contributed by atoms with Gasteiger partial charge in [0.15, 0.2) is 5.43 Å². The van der Waals surface area contributed by atoms with Gasteiger partial charge in [-0.3, -0.25) is 15.2 Å². The highest BCUT2D eigenvalue weighted by molar-refractivity contribution is 5.50. The molecule has 2 N–H and O–H groups in total. The van der Waals surface area contributed by atoms with Crippen molar-refractivity contribution in [2.45, 2.75) is 53.1 Å². The van der Waals surface area contributed by atoms with Gasteiger partial charge in [-0.25, -0.2) is 0 Å². The number of allylic oxidation sites excluding steroid dienone is 4. The predicted octanol–water partition coefficient (Wildman–Crippen LogP) is 5.62. The summed E-state index contributed by atoms with van der Waals surface area (Å²) in [5.41, 5.74) is 4.65. The summed E-state index contributed by atoms with van der Waals surface area (Å²) in [5, 5.41) is 19.0. The number of nitrogens with zero attached hydrogens (tertiary/aromatic N) is 1. The van der Waals surface area contributed by atoms with Crippen LogP contribution in [0.15, 0.2) is 56.8 Å². The SMILES string of the molecule is COc1oc([C@H]2C[C@@]3(CO2)[C@H](c2ccc(N(O)O)cc2)[C@]2(C)C=C(C)C=C(C)[C@@H]23)c(C)c(=O)c1C. The Morgan fingerprint density at radius 3 is 2.37 bits per heavy atom. The Hall–Kier alpha value is -2.87. The first-order chi connectivity index (χ1) is 16.5. The van der Waals surface area contributed by atoms with Crippen LogP contribution in [0.3, 0.4) is 0 Å². The molecule has 2 fully saturated rings. The number of rotatable bonds is 4. The Morgan fingerprint density at radius 1 is 1.06 bits per heavy atom. The van der Waals surface area contributed by atoms with E-state index in [2.05, 4.69) is 32.9 Å². The Labute approximate surface area is 205 Å². The normalized spacial score (nSPS) is 31.5. The van der Waals surface area contributed by atoms with Crippen LogP contribution in [0.4, 0.5) is 5.69 Å². The van der Waals surface area contributed by atoms with Gasteiger partial charge in [0, 0.05) is 22.3 Å². The van der Waals surface area contributed by atoms with Gasteiger partial charge >= 0.3 is 0 Å². The van der Waals surface area contributed by atoms with Crippen molar-refractivity contribution in [3.05, 3.63) is 80.2 Å². The summed E-state index contributed by atoms with van der Waals surface area (Å²) in [5.74, 6) is 1.19. The Kier molecular flexibility index (Phi) is 5.51. The van der Waals surface area contributed by atoms with Gasteiger partial charge in [0.25, 0.3) is 5.95 Å². The van der Waals surface area contributed by atoms with E-state index < -0.39 is 0 Å². The maximum atomic E-state index is 12.9. The molecule has 2 heterocycles. The molecule has 5 rings (SSSR count). The molecule has 1 aliphatic heterocycles. The fraction of sp³-hybridized carbons (Fsp3) is 0.464.